The summed E-state index contributed by atoms with van der Waals surface area (Å²) >= 11 is 2.02. The topological polar surface area (TPSA) is 62.6 Å². The van der Waals surface area contributed by atoms with Crippen molar-refractivity contribution in [3.05, 3.63) is 58.4 Å². The Bertz CT molecular complexity index is 1050. The monoisotopic (exact) mass is 490 g/mol. The zero-order chi connectivity index (χ0) is 20.3. The number of aryl methyl sites for hydroxylation is 1. The minimum atomic E-state index is -0.356. The highest BCUT2D eigenvalue weighted by Crippen LogP contribution is 2.33. The van der Waals surface area contributed by atoms with E-state index in [2.05, 4.69) is 30.1 Å². The highest BCUT2D eigenvalue weighted by Gasteiger charge is 2.17. The molecule has 146 valence electrons. The first-order valence-corrected chi connectivity index (χ1v) is 10.8. The first kappa shape index (κ1) is 20.4. The van der Waals surface area contributed by atoms with Crippen LogP contribution < -0.4 is 15.8 Å². The molecule has 0 unspecified atom stereocenters. The van der Waals surface area contributed by atoms with Gasteiger partial charge in [-0.2, -0.15) is 0 Å². The summed E-state index contributed by atoms with van der Waals surface area (Å²) in [5.41, 5.74) is 4.24. The second kappa shape index (κ2) is 8.77. The van der Waals surface area contributed by atoms with Crippen LogP contribution in [-0.2, 0) is 4.79 Å². The lowest BCUT2D eigenvalue weighted by Crippen LogP contribution is -2.22. The van der Waals surface area contributed by atoms with Crippen LogP contribution in [0.5, 0.6) is 0 Å². The molecule has 0 radical (unpaired) electrons. The summed E-state index contributed by atoms with van der Waals surface area (Å²) in [7, 11) is 0. The Morgan fingerprint density at radius 2 is 1.79 bits per heavy atom. The zero-order valence-electron chi connectivity index (χ0n) is 16.2. The normalized spacial score (nSPS) is 10.9. The van der Waals surface area contributed by atoms with E-state index in [1.54, 1.807) is 12.1 Å². The van der Waals surface area contributed by atoms with Crippen molar-refractivity contribution in [1.29, 1.82) is 0 Å². The van der Waals surface area contributed by atoms with Crippen LogP contribution in [0.2, 0.25) is 0 Å². The summed E-state index contributed by atoms with van der Waals surface area (Å²) in [6, 6.07) is 13.1. The summed E-state index contributed by atoms with van der Waals surface area (Å²) in [4.78, 5) is 26.5. The minimum absolute atomic E-state index is 0.0568. The molecule has 0 saturated heterocycles. The van der Waals surface area contributed by atoms with Crippen LogP contribution in [0.25, 0.3) is 22.1 Å². The second-order valence-electron chi connectivity index (χ2n) is 6.47. The summed E-state index contributed by atoms with van der Waals surface area (Å²) in [6.07, 6.45) is 0. The molecule has 2 aromatic carbocycles. The maximum atomic E-state index is 12.7. The van der Waals surface area contributed by atoms with Gasteiger partial charge < -0.3 is 14.6 Å². The number of alkyl halides is 1. The molecule has 1 heterocycles. The smallest absolute Gasteiger partial charge is 0.344 e. The number of carbonyl (C=O) groups is 1. The summed E-state index contributed by atoms with van der Waals surface area (Å²) < 4.78 is 6.06. The van der Waals surface area contributed by atoms with Crippen LogP contribution in [0.3, 0.4) is 0 Å². The van der Waals surface area contributed by atoms with Gasteiger partial charge in [0.15, 0.2) is 0 Å². The molecular formula is C22H23IN2O3. The van der Waals surface area contributed by atoms with Crippen molar-refractivity contribution >= 4 is 50.8 Å². The van der Waals surface area contributed by atoms with Crippen molar-refractivity contribution in [3.63, 3.8) is 0 Å². The van der Waals surface area contributed by atoms with Gasteiger partial charge in [0.05, 0.1) is 9.99 Å². The lowest BCUT2D eigenvalue weighted by atomic mass is 9.98. The zero-order valence-corrected chi connectivity index (χ0v) is 18.4. The van der Waals surface area contributed by atoms with Gasteiger partial charge in [-0.1, -0.05) is 40.8 Å². The fourth-order valence-corrected chi connectivity index (χ4v) is 3.68. The van der Waals surface area contributed by atoms with E-state index >= 15 is 0 Å². The van der Waals surface area contributed by atoms with Gasteiger partial charge in [0.25, 0.3) is 0 Å². The Kier molecular flexibility index (Phi) is 6.39. The average Bonchev–Trinajstić information content (AvgIpc) is 2.70. The predicted molar refractivity (Wildman–Crippen MR) is 124 cm³/mol. The number of hydrogen-bond donors (Lipinski definition) is 1. The molecule has 5 nitrogen and oxygen atoms in total. The van der Waals surface area contributed by atoms with Gasteiger partial charge >= 0.3 is 5.63 Å². The molecule has 0 saturated carbocycles. The van der Waals surface area contributed by atoms with Crippen molar-refractivity contribution in [2.75, 3.05) is 27.7 Å². The number of nitrogens with zero attached hydrogens (tertiary/aromatic N) is 1. The minimum Gasteiger partial charge on any atom is -0.422 e. The Morgan fingerprint density at radius 1 is 1.11 bits per heavy atom. The number of hydrogen-bond acceptors (Lipinski definition) is 4. The van der Waals surface area contributed by atoms with Crippen molar-refractivity contribution in [3.8, 4) is 11.1 Å². The molecule has 0 aliphatic rings. The van der Waals surface area contributed by atoms with E-state index in [4.69, 9.17) is 4.42 Å². The van der Waals surface area contributed by atoms with E-state index in [-0.39, 0.29) is 11.5 Å². The first-order chi connectivity index (χ1) is 13.5. The van der Waals surface area contributed by atoms with E-state index < -0.39 is 0 Å². The van der Waals surface area contributed by atoms with E-state index in [9.17, 15) is 9.59 Å². The SMILES string of the molecule is CCN(CC)c1cccc2oc(=O)c(-c3ccc(NC(=O)CI)cc3)c(C)c12. The van der Waals surface area contributed by atoms with Gasteiger partial charge in [-0.3, -0.25) is 4.79 Å². The molecule has 0 bridgehead atoms. The molecule has 1 aromatic heterocycles. The standard InChI is InChI=1S/C22H23IN2O3/c1-4-25(5-2)17-7-6-8-18-21(17)14(3)20(22(27)28-18)15-9-11-16(12-10-15)24-19(26)13-23/h6-12H,4-5,13H2,1-3H3,(H,24,26). The van der Waals surface area contributed by atoms with Gasteiger partial charge in [-0.25, -0.2) is 4.79 Å². The van der Waals surface area contributed by atoms with Gasteiger partial charge in [0.2, 0.25) is 5.91 Å². The van der Waals surface area contributed by atoms with E-state index in [1.165, 1.54) is 0 Å². The van der Waals surface area contributed by atoms with Gasteiger partial charge in [-0.15, -0.1) is 0 Å². The van der Waals surface area contributed by atoms with Crippen LogP contribution in [0.15, 0.2) is 51.7 Å². The summed E-state index contributed by atoms with van der Waals surface area (Å²) in [5.74, 6) is -0.0568. The van der Waals surface area contributed by atoms with Crippen molar-refractivity contribution < 1.29 is 9.21 Å². The number of amides is 1. The Labute approximate surface area is 177 Å². The molecular weight excluding hydrogens is 467 g/mol. The third-order valence-corrected chi connectivity index (χ3v) is 5.54. The van der Waals surface area contributed by atoms with Crippen LogP contribution in [0.1, 0.15) is 19.4 Å². The molecule has 0 aliphatic heterocycles. The number of carbonyl (C=O) groups excluding carboxylic acids is 1. The maximum absolute atomic E-state index is 12.7. The molecule has 28 heavy (non-hydrogen) atoms. The molecule has 0 aliphatic carbocycles. The largest absolute Gasteiger partial charge is 0.422 e. The molecule has 1 N–H and O–H groups in total. The van der Waals surface area contributed by atoms with Crippen LogP contribution in [-0.4, -0.2) is 23.4 Å². The van der Waals surface area contributed by atoms with Gasteiger partial charge in [-0.05, 0) is 56.2 Å². The Balaban J connectivity index is 2.15. The molecule has 1 amide bonds. The Morgan fingerprint density at radius 3 is 2.39 bits per heavy atom. The third kappa shape index (κ3) is 3.92. The Hall–Kier alpha value is -2.35. The summed E-state index contributed by atoms with van der Waals surface area (Å²) in [5, 5.41) is 3.77. The number of fused-ring (bicyclic) bond motifs is 1. The van der Waals surface area contributed by atoms with E-state index in [0.29, 0.717) is 21.3 Å². The molecule has 6 heteroatoms. The third-order valence-electron chi connectivity index (χ3n) is 4.84. The van der Waals surface area contributed by atoms with Crippen LogP contribution in [0.4, 0.5) is 11.4 Å². The second-order valence-corrected chi connectivity index (χ2v) is 7.23. The lowest BCUT2D eigenvalue weighted by molar-refractivity contribution is -0.113. The predicted octanol–water partition coefficient (Wildman–Crippen LogP) is 4.99. The number of halogens is 1. The lowest BCUT2D eigenvalue weighted by Gasteiger charge is -2.23. The molecule has 0 fully saturated rings. The fourth-order valence-electron chi connectivity index (χ4n) is 3.49. The van der Waals surface area contributed by atoms with E-state index in [0.717, 1.165) is 35.3 Å². The first-order valence-electron chi connectivity index (χ1n) is 9.27. The van der Waals surface area contributed by atoms with Crippen LogP contribution in [0, 0.1) is 6.92 Å². The number of nitrogens with one attached hydrogen (secondary N) is 1. The molecule has 3 aromatic rings. The van der Waals surface area contributed by atoms with Crippen molar-refractivity contribution in [2.45, 2.75) is 20.8 Å². The van der Waals surface area contributed by atoms with Gasteiger partial charge in [0.1, 0.15) is 5.58 Å². The molecule has 0 spiro atoms. The quantitative estimate of drug-likeness (QED) is 0.301. The average molecular weight is 490 g/mol. The number of benzene rings is 2. The molecule has 0 atom stereocenters. The van der Waals surface area contributed by atoms with Crippen molar-refractivity contribution in [1.82, 2.24) is 0 Å². The van der Waals surface area contributed by atoms with Gasteiger partial charge in [0, 0.05) is 29.9 Å². The fraction of sp³-hybridized carbons (Fsp3) is 0.273. The number of anilines is 2. The van der Waals surface area contributed by atoms with E-state index in [1.807, 2.05) is 53.8 Å². The summed E-state index contributed by atoms with van der Waals surface area (Å²) in [6.45, 7) is 7.93. The maximum Gasteiger partial charge on any atom is 0.344 e. The number of rotatable bonds is 6. The van der Waals surface area contributed by atoms with Crippen molar-refractivity contribution in [2.24, 2.45) is 0 Å². The highest BCUT2D eigenvalue weighted by atomic mass is 127. The molecule has 3 rings (SSSR count). The van der Waals surface area contributed by atoms with Crippen LogP contribution >= 0.6 is 22.6 Å². The highest BCUT2D eigenvalue weighted by molar-refractivity contribution is 14.1.